The predicted octanol–water partition coefficient (Wildman–Crippen LogP) is 2.20. The Bertz CT molecular complexity index is 310. The average molecular weight is 206 g/mol. The van der Waals surface area contributed by atoms with Gasteiger partial charge < -0.3 is 10.2 Å². The molecule has 2 heteroatoms. The van der Waals surface area contributed by atoms with Crippen molar-refractivity contribution in [1.82, 2.24) is 0 Å². The molecule has 0 radical (unpaired) electrons. The molecule has 1 aromatic carbocycles. The molecular weight excluding hydrogens is 188 g/mol. The van der Waals surface area contributed by atoms with Crippen LogP contribution in [-0.4, -0.2) is 16.3 Å². The molecule has 2 atom stereocenters. The Labute approximate surface area is 90.6 Å². The SMILES string of the molecule is O[C@H]1CCCCC[C@]1(O)c1ccccc1. The van der Waals surface area contributed by atoms with Gasteiger partial charge in [0.15, 0.2) is 0 Å². The van der Waals surface area contributed by atoms with E-state index >= 15 is 0 Å². The fourth-order valence-electron chi connectivity index (χ4n) is 2.38. The van der Waals surface area contributed by atoms with E-state index in [0.29, 0.717) is 12.8 Å². The number of rotatable bonds is 1. The van der Waals surface area contributed by atoms with Crippen LogP contribution < -0.4 is 0 Å². The highest BCUT2D eigenvalue weighted by atomic mass is 16.3. The molecule has 0 unspecified atom stereocenters. The lowest BCUT2D eigenvalue weighted by atomic mass is 9.84. The third-order valence-electron chi connectivity index (χ3n) is 3.36. The Kier molecular flexibility index (Phi) is 3.08. The van der Waals surface area contributed by atoms with Crippen molar-refractivity contribution < 1.29 is 10.2 Å². The summed E-state index contributed by atoms with van der Waals surface area (Å²) >= 11 is 0. The van der Waals surface area contributed by atoms with Gasteiger partial charge in [-0.15, -0.1) is 0 Å². The van der Waals surface area contributed by atoms with Gasteiger partial charge in [0.1, 0.15) is 5.60 Å². The van der Waals surface area contributed by atoms with Crippen molar-refractivity contribution >= 4 is 0 Å². The maximum atomic E-state index is 10.5. The summed E-state index contributed by atoms with van der Waals surface area (Å²) in [6.45, 7) is 0. The van der Waals surface area contributed by atoms with Gasteiger partial charge in [-0.1, -0.05) is 49.6 Å². The van der Waals surface area contributed by atoms with Crippen LogP contribution in [0.5, 0.6) is 0 Å². The molecule has 15 heavy (non-hydrogen) atoms. The highest BCUT2D eigenvalue weighted by molar-refractivity contribution is 5.24. The topological polar surface area (TPSA) is 40.5 Å². The van der Waals surface area contributed by atoms with Crippen LogP contribution >= 0.6 is 0 Å². The molecule has 0 bridgehead atoms. The van der Waals surface area contributed by atoms with Gasteiger partial charge in [-0.2, -0.15) is 0 Å². The Hall–Kier alpha value is -0.860. The zero-order valence-electron chi connectivity index (χ0n) is 8.89. The second-order valence-corrected chi connectivity index (χ2v) is 4.41. The summed E-state index contributed by atoms with van der Waals surface area (Å²) in [4.78, 5) is 0. The maximum absolute atomic E-state index is 10.5. The third-order valence-corrected chi connectivity index (χ3v) is 3.36. The molecule has 2 rings (SSSR count). The van der Waals surface area contributed by atoms with Gasteiger partial charge in [0.25, 0.3) is 0 Å². The Morgan fingerprint density at radius 3 is 2.53 bits per heavy atom. The van der Waals surface area contributed by atoms with E-state index in [1.165, 1.54) is 0 Å². The van der Waals surface area contributed by atoms with Crippen LogP contribution in [0.2, 0.25) is 0 Å². The summed E-state index contributed by atoms with van der Waals surface area (Å²) in [7, 11) is 0. The van der Waals surface area contributed by atoms with Crippen molar-refractivity contribution in [2.24, 2.45) is 0 Å². The van der Waals surface area contributed by atoms with Gasteiger partial charge in [-0.25, -0.2) is 0 Å². The summed E-state index contributed by atoms with van der Waals surface area (Å²) in [5.41, 5.74) is -0.183. The monoisotopic (exact) mass is 206 g/mol. The van der Waals surface area contributed by atoms with Gasteiger partial charge in [-0.3, -0.25) is 0 Å². The minimum Gasteiger partial charge on any atom is -0.390 e. The van der Waals surface area contributed by atoms with E-state index < -0.39 is 11.7 Å². The largest absolute Gasteiger partial charge is 0.390 e. The van der Waals surface area contributed by atoms with Crippen molar-refractivity contribution in [2.75, 3.05) is 0 Å². The second-order valence-electron chi connectivity index (χ2n) is 4.41. The fourth-order valence-corrected chi connectivity index (χ4v) is 2.38. The van der Waals surface area contributed by atoms with Crippen LogP contribution in [-0.2, 0) is 5.60 Å². The molecule has 2 N–H and O–H groups in total. The first-order chi connectivity index (χ1) is 7.23. The Morgan fingerprint density at radius 2 is 1.80 bits per heavy atom. The lowest BCUT2D eigenvalue weighted by Gasteiger charge is -2.32. The molecule has 2 nitrogen and oxygen atoms in total. The maximum Gasteiger partial charge on any atom is 0.115 e. The number of benzene rings is 1. The average Bonchev–Trinajstić information content (AvgIpc) is 2.44. The Balaban J connectivity index is 2.30. The van der Waals surface area contributed by atoms with Gasteiger partial charge >= 0.3 is 0 Å². The van der Waals surface area contributed by atoms with Crippen LogP contribution in [0.3, 0.4) is 0 Å². The highest BCUT2D eigenvalue weighted by Crippen LogP contribution is 2.35. The predicted molar refractivity (Wildman–Crippen MR) is 59.4 cm³/mol. The Morgan fingerprint density at radius 1 is 1.07 bits per heavy atom. The van der Waals surface area contributed by atoms with E-state index in [1.807, 2.05) is 30.3 Å². The zero-order valence-corrected chi connectivity index (χ0v) is 8.89. The molecule has 82 valence electrons. The number of aliphatic hydroxyl groups is 2. The van der Waals surface area contributed by atoms with E-state index in [-0.39, 0.29) is 0 Å². The molecular formula is C13H18O2. The molecule has 1 fully saturated rings. The number of aliphatic hydroxyl groups excluding tert-OH is 1. The first-order valence-electron chi connectivity index (χ1n) is 5.69. The van der Waals surface area contributed by atoms with E-state index in [2.05, 4.69) is 0 Å². The quantitative estimate of drug-likeness (QED) is 0.691. The van der Waals surface area contributed by atoms with Crippen molar-refractivity contribution in [1.29, 1.82) is 0 Å². The summed E-state index contributed by atoms with van der Waals surface area (Å²) in [5, 5.41) is 20.6. The summed E-state index contributed by atoms with van der Waals surface area (Å²) < 4.78 is 0. The van der Waals surface area contributed by atoms with Gasteiger partial charge in [-0.05, 0) is 18.4 Å². The van der Waals surface area contributed by atoms with Gasteiger partial charge in [0.05, 0.1) is 6.10 Å². The minimum atomic E-state index is -1.03. The van der Waals surface area contributed by atoms with E-state index in [4.69, 9.17) is 0 Å². The molecule has 0 amide bonds. The normalized spacial score (nSPS) is 32.3. The molecule has 1 aliphatic rings. The lowest BCUT2D eigenvalue weighted by Crippen LogP contribution is -2.38. The molecule has 0 spiro atoms. The van der Waals surface area contributed by atoms with Crippen LogP contribution in [0.1, 0.15) is 37.7 Å². The molecule has 0 aliphatic heterocycles. The van der Waals surface area contributed by atoms with Crippen molar-refractivity contribution in [3.8, 4) is 0 Å². The van der Waals surface area contributed by atoms with Crippen molar-refractivity contribution in [3.05, 3.63) is 35.9 Å². The molecule has 0 aromatic heterocycles. The lowest BCUT2D eigenvalue weighted by molar-refractivity contribution is -0.0845. The van der Waals surface area contributed by atoms with E-state index in [0.717, 1.165) is 24.8 Å². The zero-order chi connectivity index (χ0) is 10.7. The van der Waals surface area contributed by atoms with Crippen molar-refractivity contribution in [3.63, 3.8) is 0 Å². The third kappa shape index (κ3) is 2.06. The summed E-state index contributed by atoms with van der Waals surface area (Å²) in [6.07, 6.45) is 3.84. The molecule has 1 aromatic rings. The summed E-state index contributed by atoms with van der Waals surface area (Å²) in [6, 6.07) is 9.54. The molecule has 1 saturated carbocycles. The summed E-state index contributed by atoms with van der Waals surface area (Å²) in [5.74, 6) is 0. The second kappa shape index (κ2) is 4.33. The standard InChI is InChI=1S/C13H18O2/c14-12-9-5-2-6-10-13(12,15)11-7-3-1-4-8-11/h1,3-4,7-8,12,14-15H,2,5-6,9-10H2/t12-,13-/m0/s1. The number of hydrogen-bond acceptors (Lipinski definition) is 2. The van der Waals surface area contributed by atoms with Crippen molar-refractivity contribution in [2.45, 2.75) is 43.8 Å². The van der Waals surface area contributed by atoms with E-state index in [1.54, 1.807) is 0 Å². The minimum absolute atomic E-state index is 0.623. The van der Waals surface area contributed by atoms with Crippen LogP contribution in [0, 0.1) is 0 Å². The van der Waals surface area contributed by atoms with Gasteiger partial charge in [0.2, 0.25) is 0 Å². The van der Waals surface area contributed by atoms with Crippen LogP contribution in [0.4, 0.5) is 0 Å². The van der Waals surface area contributed by atoms with Crippen LogP contribution in [0.15, 0.2) is 30.3 Å². The molecule has 0 saturated heterocycles. The fraction of sp³-hybridized carbons (Fsp3) is 0.538. The van der Waals surface area contributed by atoms with Gasteiger partial charge in [0, 0.05) is 0 Å². The smallest absolute Gasteiger partial charge is 0.115 e. The van der Waals surface area contributed by atoms with Crippen LogP contribution in [0.25, 0.3) is 0 Å². The first kappa shape index (κ1) is 10.7. The number of hydrogen-bond donors (Lipinski definition) is 2. The molecule has 1 aliphatic carbocycles. The van der Waals surface area contributed by atoms with E-state index in [9.17, 15) is 10.2 Å². The molecule has 0 heterocycles. The highest BCUT2D eigenvalue weighted by Gasteiger charge is 2.37. The first-order valence-corrected chi connectivity index (χ1v) is 5.69.